The summed E-state index contributed by atoms with van der Waals surface area (Å²) in [6.45, 7) is -1.37. The summed E-state index contributed by atoms with van der Waals surface area (Å²) in [7, 11) is 0. The van der Waals surface area contributed by atoms with Crippen molar-refractivity contribution in [2.24, 2.45) is 0 Å². The van der Waals surface area contributed by atoms with Crippen molar-refractivity contribution in [3.05, 3.63) is 0 Å². The fraction of sp³-hybridized carbons (Fsp3) is 0.917. The Hall–Kier alpha value is -0.730. The Morgan fingerprint density at radius 3 is 2.13 bits per heavy atom. The molecule has 8 N–H and O–H groups in total. The Kier molecular flexibility index (Phi) is 7.89. The number of rotatable bonds is 8. The van der Waals surface area contributed by atoms with E-state index in [0.717, 1.165) is 0 Å². The molecule has 23 heavy (non-hydrogen) atoms. The average molecular weight is 342 g/mol. The van der Waals surface area contributed by atoms with Gasteiger partial charge in [-0.3, -0.25) is 0 Å². The molecule has 136 valence electrons. The Balaban J connectivity index is 2.57. The third-order valence-corrected chi connectivity index (χ3v) is 3.51. The van der Waals surface area contributed by atoms with Crippen LogP contribution in [0.1, 0.15) is 0 Å². The van der Waals surface area contributed by atoms with Crippen LogP contribution in [0.25, 0.3) is 0 Å². The number of carbonyl (C=O) groups excluding carboxylic acids is 1. The van der Waals surface area contributed by atoms with Gasteiger partial charge in [-0.2, -0.15) is 0 Å². The van der Waals surface area contributed by atoms with Gasteiger partial charge >= 0.3 is 0 Å². The molecule has 0 saturated carbocycles. The lowest BCUT2D eigenvalue weighted by Crippen LogP contribution is -2.59. The van der Waals surface area contributed by atoms with Gasteiger partial charge in [0, 0.05) is 0 Å². The molecule has 0 spiro atoms. The quantitative estimate of drug-likeness (QED) is 0.196. The Morgan fingerprint density at radius 2 is 1.61 bits per heavy atom. The molecule has 9 atom stereocenters. The van der Waals surface area contributed by atoms with Crippen LogP contribution in [0, 0.1) is 0 Å². The predicted molar refractivity (Wildman–Crippen MR) is 69.8 cm³/mol. The van der Waals surface area contributed by atoms with Crippen molar-refractivity contribution in [2.75, 3.05) is 13.2 Å². The highest BCUT2D eigenvalue weighted by Gasteiger charge is 2.44. The highest BCUT2D eigenvalue weighted by Crippen LogP contribution is 2.22. The van der Waals surface area contributed by atoms with E-state index in [2.05, 4.69) is 0 Å². The fourth-order valence-electron chi connectivity index (χ4n) is 2.01. The van der Waals surface area contributed by atoms with Gasteiger partial charge in [-0.05, 0) is 0 Å². The van der Waals surface area contributed by atoms with E-state index in [1.165, 1.54) is 0 Å². The standard InChI is InChI=1S/C12H22O11/c13-1-4(15)7(17)8(18)5(16)3-22-12-11(21)10(20)9(19)6(2-14)23-12/h1,4-12,14-21H,2-3H2/t4-,5-,6-,7-,8-,9-,10+,11+,12-/m1/s1. The summed E-state index contributed by atoms with van der Waals surface area (Å²) in [5.74, 6) is 0. The highest BCUT2D eigenvalue weighted by molar-refractivity contribution is 5.56. The smallest absolute Gasteiger partial charge is 0.186 e. The van der Waals surface area contributed by atoms with Crippen LogP contribution < -0.4 is 0 Å². The van der Waals surface area contributed by atoms with Crippen LogP contribution in [0.5, 0.6) is 0 Å². The van der Waals surface area contributed by atoms with Crippen LogP contribution in [0.2, 0.25) is 0 Å². The van der Waals surface area contributed by atoms with Crippen molar-refractivity contribution >= 4 is 6.29 Å². The zero-order valence-corrected chi connectivity index (χ0v) is 12.0. The highest BCUT2D eigenvalue weighted by atomic mass is 16.7. The SMILES string of the molecule is O=C[C@@H](O)[C@@H](O)[C@H](O)[C@H](O)CO[C@@H]1O[C@H](CO)[C@@H](O)[C@H](O)[C@@H]1O. The Labute approximate surface area is 130 Å². The third kappa shape index (κ3) is 4.87. The minimum Gasteiger partial charge on any atom is -0.394 e. The van der Waals surface area contributed by atoms with Gasteiger partial charge in [-0.15, -0.1) is 0 Å². The lowest BCUT2D eigenvalue weighted by molar-refractivity contribution is -0.306. The molecule has 1 rings (SSSR count). The van der Waals surface area contributed by atoms with Gasteiger partial charge < -0.3 is 55.1 Å². The van der Waals surface area contributed by atoms with Crippen LogP contribution in [0.4, 0.5) is 0 Å². The summed E-state index contributed by atoms with van der Waals surface area (Å²) in [5.41, 5.74) is 0. The van der Waals surface area contributed by atoms with Gasteiger partial charge in [-0.25, -0.2) is 0 Å². The molecule has 0 bridgehead atoms. The Morgan fingerprint density at radius 1 is 1.00 bits per heavy atom. The third-order valence-electron chi connectivity index (χ3n) is 3.51. The van der Waals surface area contributed by atoms with Gasteiger partial charge in [-0.1, -0.05) is 0 Å². The van der Waals surface area contributed by atoms with E-state index in [-0.39, 0.29) is 6.29 Å². The molecule has 1 saturated heterocycles. The maximum absolute atomic E-state index is 10.3. The lowest BCUT2D eigenvalue weighted by Gasteiger charge is -2.40. The molecule has 1 fully saturated rings. The predicted octanol–water partition coefficient (Wildman–Crippen LogP) is -5.55. The van der Waals surface area contributed by atoms with Gasteiger partial charge in [0.1, 0.15) is 48.8 Å². The van der Waals surface area contributed by atoms with Crippen molar-refractivity contribution in [3.8, 4) is 0 Å². The molecule has 0 aromatic carbocycles. The van der Waals surface area contributed by atoms with E-state index in [1.54, 1.807) is 0 Å². The number of carbonyl (C=O) groups is 1. The minimum absolute atomic E-state index is 0.0287. The molecule has 0 amide bonds. The maximum Gasteiger partial charge on any atom is 0.186 e. The van der Waals surface area contributed by atoms with Crippen LogP contribution in [-0.4, -0.2) is 115 Å². The van der Waals surface area contributed by atoms with Crippen molar-refractivity contribution in [1.82, 2.24) is 0 Å². The number of aldehydes is 1. The molecule has 0 aliphatic carbocycles. The number of hydrogen-bond donors (Lipinski definition) is 8. The van der Waals surface area contributed by atoms with E-state index in [4.69, 9.17) is 19.7 Å². The largest absolute Gasteiger partial charge is 0.394 e. The van der Waals surface area contributed by atoms with Gasteiger partial charge in [0.25, 0.3) is 0 Å². The summed E-state index contributed by atoms with van der Waals surface area (Å²) < 4.78 is 9.94. The first kappa shape index (κ1) is 20.3. The summed E-state index contributed by atoms with van der Waals surface area (Å²) >= 11 is 0. The van der Waals surface area contributed by atoms with Crippen LogP contribution >= 0.6 is 0 Å². The van der Waals surface area contributed by atoms with Gasteiger partial charge in [0.05, 0.1) is 13.2 Å². The monoisotopic (exact) mass is 342 g/mol. The van der Waals surface area contributed by atoms with Crippen molar-refractivity contribution in [1.29, 1.82) is 0 Å². The number of ether oxygens (including phenoxy) is 2. The summed E-state index contributed by atoms with van der Waals surface area (Å²) in [6.07, 6.45) is -15.3. The molecule has 1 aliphatic heterocycles. The second-order valence-electron chi connectivity index (χ2n) is 5.21. The average Bonchev–Trinajstić information content (AvgIpc) is 2.56. The number of aliphatic hydroxyl groups is 8. The van der Waals surface area contributed by atoms with E-state index in [1.807, 2.05) is 0 Å². The van der Waals surface area contributed by atoms with Crippen molar-refractivity contribution < 1.29 is 55.1 Å². The van der Waals surface area contributed by atoms with Crippen LogP contribution in [-0.2, 0) is 14.3 Å². The number of hydrogen-bond acceptors (Lipinski definition) is 11. The molecule has 0 aromatic heterocycles. The molecule has 1 heterocycles. The lowest BCUT2D eigenvalue weighted by atomic mass is 9.99. The van der Waals surface area contributed by atoms with E-state index in [9.17, 15) is 35.4 Å². The normalized spacial score (nSPS) is 37.0. The zero-order valence-electron chi connectivity index (χ0n) is 12.0. The van der Waals surface area contributed by atoms with Crippen molar-refractivity contribution in [3.63, 3.8) is 0 Å². The molecular weight excluding hydrogens is 320 g/mol. The second-order valence-corrected chi connectivity index (χ2v) is 5.21. The van der Waals surface area contributed by atoms with Crippen LogP contribution in [0.15, 0.2) is 0 Å². The minimum atomic E-state index is -1.96. The van der Waals surface area contributed by atoms with E-state index in [0.29, 0.717) is 0 Å². The van der Waals surface area contributed by atoms with E-state index >= 15 is 0 Å². The number of aliphatic hydroxyl groups excluding tert-OH is 8. The van der Waals surface area contributed by atoms with Gasteiger partial charge in [0.15, 0.2) is 12.6 Å². The topological polar surface area (TPSA) is 197 Å². The molecule has 0 unspecified atom stereocenters. The van der Waals surface area contributed by atoms with Crippen molar-refractivity contribution in [2.45, 2.75) is 55.1 Å². The Bertz CT molecular complexity index is 365. The first-order valence-corrected chi connectivity index (χ1v) is 6.84. The molecule has 0 aromatic rings. The maximum atomic E-state index is 10.3. The molecular formula is C12H22O11. The summed E-state index contributed by atoms with van der Waals surface area (Å²) in [6, 6.07) is 0. The second kappa shape index (κ2) is 8.94. The molecule has 11 heteroatoms. The summed E-state index contributed by atoms with van der Waals surface area (Å²) in [4.78, 5) is 10.3. The first-order chi connectivity index (χ1) is 10.7. The van der Waals surface area contributed by atoms with Crippen LogP contribution in [0.3, 0.4) is 0 Å². The van der Waals surface area contributed by atoms with Gasteiger partial charge in [0.2, 0.25) is 0 Å². The first-order valence-electron chi connectivity index (χ1n) is 6.84. The molecule has 11 nitrogen and oxygen atoms in total. The molecule has 0 radical (unpaired) electrons. The van der Waals surface area contributed by atoms with E-state index < -0.39 is 68.3 Å². The fourth-order valence-corrected chi connectivity index (χ4v) is 2.01. The molecule has 1 aliphatic rings. The zero-order chi connectivity index (χ0) is 17.7. The summed E-state index contributed by atoms with van der Waals surface area (Å²) in [5, 5.41) is 75.4.